The summed E-state index contributed by atoms with van der Waals surface area (Å²) in [6.45, 7) is 0. The smallest absolute Gasteiger partial charge is 0.448 e. The molecule has 0 aromatic heterocycles. The lowest BCUT2D eigenvalue weighted by Crippen LogP contribution is -2.48. The molecule has 0 fully saturated rings. The van der Waals surface area contributed by atoms with Crippen molar-refractivity contribution in [3.8, 4) is 0 Å². The summed E-state index contributed by atoms with van der Waals surface area (Å²) in [6.07, 6.45) is -2.05. The van der Waals surface area contributed by atoms with Crippen molar-refractivity contribution in [1.82, 2.24) is 15.7 Å². The van der Waals surface area contributed by atoms with Crippen LogP contribution in [0.1, 0.15) is 0 Å². The van der Waals surface area contributed by atoms with Crippen LogP contribution in [0.3, 0.4) is 0 Å². The standard InChI is InChI=1S/C3H4N4O4/c8-2(9)6-1-4-5-7(6)3(10)11/h1,5H,(H,8,9)(H,10,11). The molecule has 0 saturated heterocycles. The van der Waals surface area contributed by atoms with E-state index >= 15 is 0 Å². The van der Waals surface area contributed by atoms with E-state index in [1.165, 1.54) is 0 Å². The van der Waals surface area contributed by atoms with Crippen LogP contribution >= 0.6 is 0 Å². The first kappa shape index (κ1) is 7.12. The Morgan fingerprint density at radius 1 is 1.36 bits per heavy atom. The molecule has 1 aliphatic heterocycles. The molecule has 1 rings (SSSR count). The van der Waals surface area contributed by atoms with Crippen molar-refractivity contribution in [1.29, 1.82) is 0 Å². The van der Waals surface area contributed by atoms with Crippen molar-refractivity contribution in [3.05, 3.63) is 0 Å². The molecule has 8 heteroatoms. The van der Waals surface area contributed by atoms with Crippen LogP contribution < -0.4 is 5.53 Å². The number of hydrogen-bond acceptors (Lipinski definition) is 4. The van der Waals surface area contributed by atoms with Gasteiger partial charge in [-0.25, -0.2) is 9.59 Å². The first-order chi connectivity index (χ1) is 5.13. The number of nitrogens with zero attached hydrogens (tertiary/aromatic N) is 3. The Bertz CT molecular complexity index is 225. The van der Waals surface area contributed by atoms with Gasteiger partial charge in [0.1, 0.15) is 6.34 Å². The van der Waals surface area contributed by atoms with Gasteiger partial charge in [0.2, 0.25) is 0 Å². The quantitative estimate of drug-likeness (QED) is 0.435. The van der Waals surface area contributed by atoms with Crippen molar-refractivity contribution in [2.24, 2.45) is 5.10 Å². The fraction of sp³-hybridized carbons (Fsp3) is 0. The fourth-order valence-electron chi connectivity index (χ4n) is 0.505. The van der Waals surface area contributed by atoms with Crippen LogP contribution in [0.4, 0.5) is 9.59 Å². The number of hydrogen-bond donors (Lipinski definition) is 3. The Morgan fingerprint density at radius 2 is 2.00 bits per heavy atom. The zero-order valence-corrected chi connectivity index (χ0v) is 5.13. The molecule has 0 aliphatic carbocycles. The lowest BCUT2D eigenvalue weighted by Gasteiger charge is -2.17. The summed E-state index contributed by atoms with van der Waals surface area (Å²) in [5.74, 6) is 0. The largest absolute Gasteiger partial charge is 0.463 e. The van der Waals surface area contributed by atoms with Crippen LogP contribution in [-0.4, -0.2) is 38.9 Å². The summed E-state index contributed by atoms with van der Waals surface area (Å²) in [4.78, 5) is 20.4. The van der Waals surface area contributed by atoms with Gasteiger partial charge in [0.15, 0.2) is 0 Å². The molecule has 60 valence electrons. The molecule has 1 aliphatic rings. The van der Waals surface area contributed by atoms with E-state index in [1.807, 2.05) is 5.53 Å². The van der Waals surface area contributed by atoms with Crippen LogP contribution in [0.2, 0.25) is 0 Å². The van der Waals surface area contributed by atoms with Gasteiger partial charge in [-0.05, 0) is 0 Å². The first-order valence-electron chi connectivity index (χ1n) is 2.47. The van der Waals surface area contributed by atoms with Crippen LogP contribution in [-0.2, 0) is 0 Å². The molecule has 0 bridgehead atoms. The minimum atomic E-state index is -1.45. The van der Waals surface area contributed by atoms with Crippen molar-refractivity contribution >= 4 is 18.5 Å². The monoisotopic (exact) mass is 160 g/mol. The first-order valence-corrected chi connectivity index (χ1v) is 2.47. The van der Waals surface area contributed by atoms with Gasteiger partial charge < -0.3 is 10.2 Å². The van der Waals surface area contributed by atoms with Gasteiger partial charge in [0.05, 0.1) is 0 Å². The highest BCUT2D eigenvalue weighted by molar-refractivity contribution is 5.84. The third kappa shape index (κ3) is 1.13. The Balaban J connectivity index is 2.71. The average Bonchev–Trinajstić information content (AvgIpc) is 2.32. The number of amides is 2. The topological polar surface area (TPSA) is 105 Å². The van der Waals surface area contributed by atoms with E-state index in [1.54, 1.807) is 0 Å². The molecule has 1 heterocycles. The maximum absolute atomic E-state index is 10.2. The molecular weight excluding hydrogens is 156 g/mol. The van der Waals surface area contributed by atoms with E-state index in [-0.39, 0.29) is 0 Å². The molecule has 0 atom stereocenters. The van der Waals surface area contributed by atoms with Crippen LogP contribution in [0.5, 0.6) is 0 Å². The highest BCUT2D eigenvalue weighted by Crippen LogP contribution is 1.98. The Labute approximate surface area is 60.3 Å². The van der Waals surface area contributed by atoms with Gasteiger partial charge in [-0.3, -0.25) is 0 Å². The second-order valence-corrected chi connectivity index (χ2v) is 1.57. The van der Waals surface area contributed by atoms with Crippen LogP contribution in [0.25, 0.3) is 0 Å². The molecule has 0 aromatic carbocycles. The SMILES string of the molecule is O=C(O)N1C=NNN1C(=O)O. The average molecular weight is 160 g/mol. The molecule has 0 radical (unpaired) electrons. The lowest BCUT2D eigenvalue weighted by atomic mass is 11.0. The second-order valence-electron chi connectivity index (χ2n) is 1.57. The number of nitrogens with one attached hydrogen (secondary N) is 1. The number of carbonyl (C=O) groups is 2. The summed E-state index contributed by atoms with van der Waals surface area (Å²) in [7, 11) is 0. The minimum Gasteiger partial charge on any atom is -0.463 e. The maximum atomic E-state index is 10.2. The van der Waals surface area contributed by atoms with Gasteiger partial charge in [0, 0.05) is 0 Å². The van der Waals surface area contributed by atoms with E-state index in [9.17, 15) is 9.59 Å². The van der Waals surface area contributed by atoms with E-state index in [2.05, 4.69) is 5.10 Å². The predicted octanol–water partition coefficient (Wildman–Crippen LogP) is -0.677. The molecule has 0 aromatic rings. The minimum absolute atomic E-state index is 0.322. The molecule has 8 nitrogen and oxygen atoms in total. The molecule has 0 saturated carbocycles. The molecule has 2 amide bonds. The van der Waals surface area contributed by atoms with Gasteiger partial charge in [-0.2, -0.15) is 5.53 Å². The van der Waals surface area contributed by atoms with E-state index in [0.717, 1.165) is 6.34 Å². The fourth-order valence-corrected chi connectivity index (χ4v) is 0.505. The molecule has 3 N–H and O–H groups in total. The molecule has 0 unspecified atom stereocenters. The lowest BCUT2D eigenvalue weighted by molar-refractivity contribution is 0.0299. The Morgan fingerprint density at radius 3 is 2.36 bits per heavy atom. The third-order valence-corrected chi connectivity index (χ3v) is 0.912. The van der Waals surface area contributed by atoms with E-state index < -0.39 is 12.2 Å². The third-order valence-electron chi connectivity index (χ3n) is 0.912. The van der Waals surface area contributed by atoms with Gasteiger partial charge >= 0.3 is 12.2 Å². The Hall–Kier alpha value is -1.99. The van der Waals surface area contributed by atoms with Crippen molar-refractivity contribution < 1.29 is 19.8 Å². The number of carboxylic acid groups (broad SMARTS) is 2. The normalized spacial score (nSPS) is 14.9. The summed E-state index contributed by atoms with van der Waals surface area (Å²) < 4.78 is 0. The zero-order chi connectivity index (χ0) is 8.43. The zero-order valence-electron chi connectivity index (χ0n) is 5.13. The maximum Gasteiger partial charge on any atom is 0.448 e. The number of rotatable bonds is 0. The second kappa shape index (κ2) is 2.33. The molecule has 0 spiro atoms. The summed E-state index contributed by atoms with van der Waals surface area (Å²) in [6, 6.07) is 0. The van der Waals surface area contributed by atoms with Gasteiger partial charge in [-0.15, -0.1) is 10.1 Å². The highest BCUT2D eigenvalue weighted by atomic mass is 16.4. The van der Waals surface area contributed by atoms with E-state index in [0.29, 0.717) is 10.1 Å². The summed E-state index contributed by atoms with van der Waals surface area (Å²) in [5, 5.41) is 20.6. The number of hydrazone groups is 1. The van der Waals surface area contributed by atoms with Gasteiger partial charge in [0.25, 0.3) is 0 Å². The number of hydrazine groups is 2. The van der Waals surface area contributed by atoms with Gasteiger partial charge in [-0.1, -0.05) is 5.12 Å². The van der Waals surface area contributed by atoms with Crippen LogP contribution in [0.15, 0.2) is 5.10 Å². The summed E-state index contributed by atoms with van der Waals surface area (Å²) >= 11 is 0. The van der Waals surface area contributed by atoms with E-state index in [4.69, 9.17) is 10.2 Å². The van der Waals surface area contributed by atoms with Crippen molar-refractivity contribution in [3.63, 3.8) is 0 Å². The van der Waals surface area contributed by atoms with Crippen molar-refractivity contribution in [2.45, 2.75) is 0 Å². The van der Waals surface area contributed by atoms with Crippen molar-refractivity contribution in [2.75, 3.05) is 0 Å². The molecule has 11 heavy (non-hydrogen) atoms. The van der Waals surface area contributed by atoms with Crippen LogP contribution in [0, 0.1) is 0 Å². The Kier molecular flexibility index (Phi) is 1.51. The highest BCUT2D eigenvalue weighted by Gasteiger charge is 2.27. The summed E-state index contributed by atoms with van der Waals surface area (Å²) in [5.41, 5.74) is 1.94. The molecular formula is C3H4N4O4. The predicted molar refractivity (Wildman–Crippen MR) is 31.4 cm³/mol.